The Morgan fingerprint density at radius 2 is 1.90 bits per heavy atom. The molecule has 0 radical (unpaired) electrons. The number of aromatic nitrogens is 2. The van der Waals surface area contributed by atoms with E-state index in [9.17, 15) is 22.8 Å². The minimum absolute atomic E-state index is 0.115. The zero-order chi connectivity index (χ0) is 23.2. The van der Waals surface area contributed by atoms with Gasteiger partial charge in [0.2, 0.25) is 5.88 Å². The number of alkyl halides is 3. The fraction of sp³-hybridized carbons (Fsp3) is 0.429. The Hall–Kier alpha value is -3.17. The van der Waals surface area contributed by atoms with Gasteiger partial charge in [-0.25, -0.2) is 9.97 Å². The third-order valence-corrected chi connectivity index (χ3v) is 4.48. The van der Waals surface area contributed by atoms with E-state index in [0.717, 1.165) is 11.8 Å². The largest absolute Gasteiger partial charge is 0.468 e. The Kier molecular flexibility index (Phi) is 7.95. The molecule has 0 fully saturated rings. The molecule has 0 saturated carbocycles. The predicted octanol–water partition coefficient (Wildman–Crippen LogP) is 4.02. The third kappa shape index (κ3) is 6.40. The number of pyridine rings is 2. The summed E-state index contributed by atoms with van der Waals surface area (Å²) >= 11 is 0. The van der Waals surface area contributed by atoms with Crippen molar-refractivity contribution in [1.29, 1.82) is 0 Å². The maximum Gasteiger partial charge on any atom is 0.422 e. The lowest BCUT2D eigenvalue weighted by molar-refractivity contribution is -0.154. The summed E-state index contributed by atoms with van der Waals surface area (Å²) in [6.07, 6.45) is -0.505. The second-order valence-corrected chi connectivity index (χ2v) is 7.26. The lowest BCUT2D eigenvalue weighted by Crippen LogP contribution is -2.27. The summed E-state index contributed by atoms with van der Waals surface area (Å²) in [6, 6.07) is 4.35. The van der Waals surface area contributed by atoms with Gasteiger partial charge in [0.05, 0.1) is 12.6 Å². The molecule has 2 aromatic rings. The van der Waals surface area contributed by atoms with E-state index in [4.69, 9.17) is 0 Å². The number of halogens is 3. The minimum atomic E-state index is -4.42. The van der Waals surface area contributed by atoms with Gasteiger partial charge in [-0.3, -0.25) is 4.79 Å². The van der Waals surface area contributed by atoms with Crippen molar-refractivity contribution in [2.75, 3.05) is 19.0 Å². The zero-order valence-electron chi connectivity index (χ0n) is 17.7. The first kappa shape index (κ1) is 24.1. The molecule has 1 amide bonds. The average Bonchev–Trinajstić information content (AvgIpc) is 3.08. The fourth-order valence-electron chi connectivity index (χ4n) is 2.84. The highest BCUT2D eigenvalue weighted by Crippen LogP contribution is 2.33. The molecule has 7 nitrogen and oxygen atoms in total. The summed E-state index contributed by atoms with van der Waals surface area (Å²) in [7, 11) is 1.74. The number of hydrogen-bond donors (Lipinski definition) is 1. The van der Waals surface area contributed by atoms with Crippen molar-refractivity contribution in [3.63, 3.8) is 0 Å². The van der Waals surface area contributed by atoms with Crippen molar-refractivity contribution in [2.24, 2.45) is 5.92 Å². The maximum absolute atomic E-state index is 12.7. The van der Waals surface area contributed by atoms with Gasteiger partial charge < -0.3 is 19.7 Å². The molecule has 1 aliphatic rings. The molecular weight excluding hydrogens is 413 g/mol. The van der Waals surface area contributed by atoms with E-state index in [1.165, 1.54) is 12.3 Å². The van der Waals surface area contributed by atoms with Crippen LogP contribution in [0.15, 0.2) is 30.6 Å². The molecule has 1 unspecified atom stereocenters. The summed E-state index contributed by atoms with van der Waals surface area (Å²) in [5.74, 6) is 0.620. The van der Waals surface area contributed by atoms with Gasteiger partial charge in [-0.15, -0.1) is 0 Å². The molecule has 31 heavy (non-hydrogen) atoms. The number of fused-ring (bicyclic) bond motifs is 1. The van der Waals surface area contributed by atoms with Crippen LogP contribution >= 0.6 is 0 Å². The number of nitrogens with one attached hydrogen (secondary N) is 1. The molecule has 10 heteroatoms. The maximum atomic E-state index is 12.7. The van der Waals surface area contributed by atoms with E-state index < -0.39 is 12.8 Å². The van der Waals surface area contributed by atoms with Crippen LogP contribution in [0, 0.1) is 5.92 Å². The van der Waals surface area contributed by atoms with E-state index in [1.807, 2.05) is 20.8 Å². The standard InChI is InChI=1S/C17H17F3N4O2.C4H8O/c1-10(11-3-4-14(23-7-11)26-9-17(18,19)20)24-8-13-12(16(24)25)5-6-22-15(13)21-2;1-4(2)3-5/h3-7,10H,8-9H2,1-2H3,(H,21,22);3-4H,1-2H3. The first-order valence-corrected chi connectivity index (χ1v) is 9.64. The number of carbonyl (C=O) groups is 2. The highest BCUT2D eigenvalue weighted by atomic mass is 19.4. The highest BCUT2D eigenvalue weighted by Gasteiger charge is 2.33. The normalized spacial score (nSPS) is 13.9. The Morgan fingerprint density at radius 1 is 1.23 bits per heavy atom. The van der Waals surface area contributed by atoms with Gasteiger partial charge in [-0.05, 0) is 18.6 Å². The second kappa shape index (κ2) is 10.2. The molecule has 3 heterocycles. The summed E-state index contributed by atoms with van der Waals surface area (Å²) in [6.45, 7) is 4.55. The van der Waals surface area contributed by atoms with Gasteiger partial charge in [0, 0.05) is 42.6 Å². The lowest BCUT2D eigenvalue weighted by Gasteiger charge is -2.24. The van der Waals surface area contributed by atoms with Crippen LogP contribution in [0.5, 0.6) is 5.88 Å². The number of nitrogens with zero attached hydrogens (tertiary/aromatic N) is 3. The summed E-state index contributed by atoms with van der Waals surface area (Å²) in [5.41, 5.74) is 2.11. The first-order valence-electron chi connectivity index (χ1n) is 9.64. The summed E-state index contributed by atoms with van der Waals surface area (Å²) < 4.78 is 41.1. The van der Waals surface area contributed by atoms with Gasteiger partial charge in [0.1, 0.15) is 12.1 Å². The van der Waals surface area contributed by atoms with Crippen LogP contribution in [-0.2, 0) is 11.3 Å². The molecule has 2 aromatic heterocycles. The number of aldehydes is 1. The van der Waals surface area contributed by atoms with Crippen LogP contribution in [0.4, 0.5) is 19.0 Å². The molecule has 1 atom stereocenters. The second-order valence-electron chi connectivity index (χ2n) is 7.26. The van der Waals surface area contributed by atoms with E-state index in [0.29, 0.717) is 23.5 Å². The minimum Gasteiger partial charge on any atom is -0.468 e. The van der Waals surface area contributed by atoms with E-state index in [-0.39, 0.29) is 23.7 Å². The van der Waals surface area contributed by atoms with Crippen LogP contribution in [-0.4, -0.2) is 46.9 Å². The van der Waals surface area contributed by atoms with Gasteiger partial charge >= 0.3 is 6.18 Å². The molecule has 168 valence electrons. The highest BCUT2D eigenvalue weighted by molar-refractivity contribution is 5.99. The van der Waals surface area contributed by atoms with Crippen molar-refractivity contribution < 1.29 is 27.5 Å². The average molecular weight is 438 g/mol. The Balaban J connectivity index is 0.000000614. The number of carbonyl (C=O) groups excluding carboxylic acids is 2. The van der Waals surface area contributed by atoms with Crippen molar-refractivity contribution in [1.82, 2.24) is 14.9 Å². The van der Waals surface area contributed by atoms with Crippen LogP contribution < -0.4 is 10.1 Å². The van der Waals surface area contributed by atoms with Crippen molar-refractivity contribution >= 4 is 18.0 Å². The van der Waals surface area contributed by atoms with E-state index in [2.05, 4.69) is 20.0 Å². The first-order chi connectivity index (χ1) is 14.6. The Bertz CT molecular complexity index is 902. The fourth-order valence-corrected chi connectivity index (χ4v) is 2.84. The topological polar surface area (TPSA) is 84.4 Å². The smallest absolute Gasteiger partial charge is 0.422 e. The third-order valence-electron chi connectivity index (χ3n) is 4.48. The van der Waals surface area contributed by atoms with Gasteiger partial charge in [-0.1, -0.05) is 19.9 Å². The molecule has 0 bridgehead atoms. The van der Waals surface area contributed by atoms with Crippen molar-refractivity contribution in [3.05, 3.63) is 47.3 Å². The molecule has 0 saturated heterocycles. The molecular formula is C21H25F3N4O3. The number of anilines is 1. The molecule has 0 spiro atoms. The number of rotatable bonds is 6. The SMILES string of the molecule is CC(C)C=O.CNc1nccc2c1CN(C(C)c1ccc(OCC(F)(F)F)nc1)C2=O. The van der Waals surface area contributed by atoms with Crippen molar-refractivity contribution in [3.8, 4) is 5.88 Å². The Morgan fingerprint density at radius 3 is 2.42 bits per heavy atom. The predicted molar refractivity (Wildman–Crippen MR) is 109 cm³/mol. The summed E-state index contributed by atoms with van der Waals surface area (Å²) in [5, 5.41) is 2.97. The van der Waals surface area contributed by atoms with Crippen molar-refractivity contribution in [2.45, 2.75) is 39.5 Å². The number of hydrogen-bond acceptors (Lipinski definition) is 6. The molecule has 0 aromatic carbocycles. The number of amides is 1. The summed E-state index contributed by atoms with van der Waals surface area (Å²) in [4.78, 5) is 31.9. The van der Waals surface area contributed by atoms with Crippen LogP contribution in [0.1, 0.15) is 48.3 Å². The molecule has 1 aliphatic heterocycles. The van der Waals surface area contributed by atoms with Crippen LogP contribution in [0.2, 0.25) is 0 Å². The number of ether oxygens (including phenoxy) is 1. The van der Waals surface area contributed by atoms with Gasteiger partial charge in [-0.2, -0.15) is 13.2 Å². The zero-order valence-corrected chi connectivity index (χ0v) is 17.7. The Labute approximate surface area is 178 Å². The monoisotopic (exact) mass is 438 g/mol. The lowest BCUT2D eigenvalue weighted by atomic mass is 10.1. The van der Waals surface area contributed by atoms with Gasteiger partial charge in [0.25, 0.3) is 5.91 Å². The quantitative estimate of drug-likeness (QED) is 0.686. The molecule has 1 N–H and O–H groups in total. The van der Waals surface area contributed by atoms with Crippen LogP contribution in [0.25, 0.3) is 0 Å². The van der Waals surface area contributed by atoms with Crippen LogP contribution in [0.3, 0.4) is 0 Å². The molecule has 3 rings (SSSR count). The van der Waals surface area contributed by atoms with Gasteiger partial charge in [0.15, 0.2) is 6.61 Å². The van der Waals surface area contributed by atoms with E-state index >= 15 is 0 Å². The van der Waals surface area contributed by atoms with E-state index in [1.54, 1.807) is 30.3 Å². The molecule has 0 aliphatic carbocycles.